The van der Waals surface area contributed by atoms with E-state index in [0.717, 1.165) is 10.8 Å². The summed E-state index contributed by atoms with van der Waals surface area (Å²) in [6.07, 6.45) is 1.71. The topological polar surface area (TPSA) is 42.4 Å². The highest BCUT2D eigenvalue weighted by atomic mass is 16.5. The van der Waals surface area contributed by atoms with E-state index in [-0.39, 0.29) is 5.75 Å². The number of aromatic hydroxyl groups is 1. The molecule has 3 heteroatoms. The lowest BCUT2D eigenvalue weighted by atomic mass is 10.2. The molecule has 3 rings (SSSR count). The number of phenols is 1. The second kappa shape index (κ2) is 4.37. The molecule has 1 N–H and O–H groups in total. The van der Waals surface area contributed by atoms with Gasteiger partial charge in [-0.25, -0.2) is 4.98 Å². The molecular formula is C15H11NO2. The summed E-state index contributed by atoms with van der Waals surface area (Å²) < 4.78 is 5.70. The highest BCUT2D eigenvalue weighted by Crippen LogP contribution is 2.28. The van der Waals surface area contributed by atoms with Gasteiger partial charge < -0.3 is 9.84 Å². The molecule has 0 spiro atoms. The van der Waals surface area contributed by atoms with Gasteiger partial charge in [0.25, 0.3) is 0 Å². The van der Waals surface area contributed by atoms with Crippen LogP contribution in [0.15, 0.2) is 60.8 Å². The van der Waals surface area contributed by atoms with Gasteiger partial charge in [-0.15, -0.1) is 0 Å². The summed E-state index contributed by atoms with van der Waals surface area (Å²) in [6, 6.07) is 16.5. The number of hydrogen-bond acceptors (Lipinski definition) is 3. The van der Waals surface area contributed by atoms with Crippen LogP contribution in [0.1, 0.15) is 0 Å². The fourth-order valence-electron chi connectivity index (χ4n) is 1.83. The molecular weight excluding hydrogens is 226 g/mol. The van der Waals surface area contributed by atoms with Gasteiger partial charge in [0, 0.05) is 17.6 Å². The molecule has 3 nitrogen and oxygen atoms in total. The van der Waals surface area contributed by atoms with E-state index in [9.17, 15) is 5.11 Å². The van der Waals surface area contributed by atoms with Crippen LogP contribution < -0.4 is 4.74 Å². The van der Waals surface area contributed by atoms with Crippen molar-refractivity contribution in [1.29, 1.82) is 0 Å². The number of pyridine rings is 1. The molecule has 0 aliphatic rings. The molecule has 88 valence electrons. The first kappa shape index (κ1) is 10.6. The van der Waals surface area contributed by atoms with E-state index < -0.39 is 0 Å². The minimum Gasteiger partial charge on any atom is -0.508 e. The van der Waals surface area contributed by atoms with Gasteiger partial charge >= 0.3 is 0 Å². The summed E-state index contributed by atoms with van der Waals surface area (Å²) in [5, 5.41) is 11.4. The Morgan fingerprint density at radius 1 is 0.944 bits per heavy atom. The first-order valence-corrected chi connectivity index (χ1v) is 5.63. The summed E-state index contributed by atoms with van der Waals surface area (Å²) in [5.41, 5.74) is 0. The summed E-state index contributed by atoms with van der Waals surface area (Å²) >= 11 is 0. The molecule has 0 unspecified atom stereocenters. The number of nitrogens with zero attached hydrogens (tertiary/aromatic N) is 1. The SMILES string of the molecule is Oc1cccc(Oc2nccc3ccccc23)c1. The van der Waals surface area contributed by atoms with Gasteiger partial charge in [-0.1, -0.05) is 24.3 Å². The maximum atomic E-state index is 9.40. The van der Waals surface area contributed by atoms with Gasteiger partial charge in [0.2, 0.25) is 5.88 Å². The van der Waals surface area contributed by atoms with Crippen molar-refractivity contribution in [1.82, 2.24) is 4.98 Å². The normalized spacial score (nSPS) is 10.4. The number of benzene rings is 2. The van der Waals surface area contributed by atoms with E-state index in [1.807, 2.05) is 30.3 Å². The molecule has 0 radical (unpaired) electrons. The Balaban J connectivity index is 2.05. The van der Waals surface area contributed by atoms with Crippen LogP contribution in [0.3, 0.4) is 0 Å². The lowest BCUT2D eigenvalue weighted by molar-refractivity contribution is 0.449. The molecule has 18 heavy (non-hydrogen) atoms. The zero-order valence-corrected chi connectivity index (χ0v) is 9.58. The number of ether oxygens (including phenoxy) is 1. The van der Waals surface area contributed by atoms with E-state index >= 15 is 0 Å². The third-order valence-corrected chi connectivity index (χ3v) is 2.67. The standard InChI is InChI=1S/C15H11NO2/c17-12-5-3-6-13(10-12)18-15-14-7-2-1-4-11(14)8-9-16-15/h1-10,17H. The molecule has 3 aromatic rings. The maximum absolute atomic E-state index is 9.40. The minimum absolute atomic E-state index is 0.174. The molecule has 0 atom stereocenters. The fraction of sp³-hybridized carbons (Fsp3) is 0. The van der Waals surface area contributed by atoms with Crippen molar-refractivity contribution in [2.75, 3.05) is 0 Å². The van der Waals surface area contributed by atoms with Gasteiger partial charge in [-0.2, -0.15) is 0 Å². The Hall–Kier alpha value is -2.55. The average Bonchev–Trinajstić information content (AvgIpc) is 2.39. The van der Waals surface area contributed by atoms with Crippen molar-refractivity contribution in [2.45, 2.75) is 0 Å². The van der Waals surface area contributed by atoms with Crippen LogP contribution in [0, 0.1) is 0 Å². The van der Waals surface area contributed by atoms with Gasteiger partial charge in [0.05, 0.1) is 0 Å². The number of hydrogen-bond donors (Lipinski definition) is 1. The van der Waals surface area contributed by atoms with Crippen LogP contribution in [0.5, 0.6) is 17.4 Å². The van der Waals surface area contributed by atoms with Gasteiger partial charge in [0.1, 0.15) is 11.5 Å². The lowest BCUT2D eigenvalue weighted by Crippen LogP contribution is -1.88. The molecule has 0 saturated carbocycles. The Labute approximate surface area is 104 Å². The lowest BCUT2D eigenvalue weighted by Gasteiger charge is -2.07. The van der Waals surface area contributed by atoms with Crippen LogP contribution in [-0.2, 0) is 0 Å². The zero-order valence-electron chi connectivity index (χ0n) is 9.58. The van der Waals surface area contributed by atoms with Gasteiger partial charge in [-0.3, -0.25) is 0 Å². The molecule has 2 aromatic carbocycles. The highest BCUT2D eigenvalue weighted by Gasteiger charge is 2.04. The van der Waals surface area contributed by atoms with Crippen LogP contribution in [-0.4, -0.2) is 10.1 Å². The Bertz CT molecular complexity index is 689. The van der Waals surface area contributed by atoms with E-state index in [1.165, 1.54) is 0 Å². The van der Waals surface area contributed by atoms with Crippen molar-refractivity contribution in [3.05, 3.63) is 60.8 Å². The van der Waals surface area contributed by atoms with Crippen LogP contribution >= 0.6 is 0 Å². The van der Waals surface area contributed by atoms with E-state index in [0.29, 0.717) is 11.6 Å². The quantitative estimate of drug-likeness (QED) is 0.738. The van der Waals surface area contributed by atoms with E-state index in [1.54, 1.807) is 30.5 Å². The second-order valence-corrected chi connectivity index (χ2v) is 3.94. The maximum Gasteiger partial charge on any atom is 0.227 e. The van der Waals surface area contributed by atoms with Gasteiger partial charge in [-0.05, 0) is 29.7 Å². The Morgan fingerprint density at radius 3 is 2.72 bits per heavy atom. The molecule has 1 aromatic heterocycles. The van der Waals surface area contributed by atoms with Crippen LogP contribution in [0.2, 0.25) is 0 Å². The number of fused-ring (bicyclic) bond motifs is 1. The third-order valence-electron chi connectivity index (χ3n) is 2.67. The van der Waals surface area contributed by atoms with Crippen molar-refractivity contribution in [3.8, 4) is 17.4 Å². The molecule has 0 aliphatic heterocycles. The smallest absolute Gasteiger partial charge is 0.227 e. The number of aromatic nitrogens is 1. The zero-order chi connectivity index (χ0) is 12.4. The summed E-state index contributed by atoms with van der Waals surface area (Å²) in [5.74, 6) is 1.28. The number of rotatable bonds is 2. The molecule has 0 amide bonds. The summed E-state index contributed by atoms with van der Waals surface area (Å²) in [6.45, 7) is 0. The molecule has 0 bridgehead atoms. The van der Waals surface area contributed by atoms with E-state index in [4.69, 9.17) is 4.74 Å². The fourth-order valence-corrected chi connectivity index (χ4v) is 1.83. The Kier molecular flexibility index (Phi) is 2.57. The Morgan fingerprint density at radius 2 is 1.83 bits per heavy atom. The van der Waals surface area contributed by atoms with Crippen LogP contribution in [0.25, 0.3) is 10.8 Å². The first-order chi connectivity index (χ1) is 8.83. The second-order valence-electron chi connectivity index (χ2n) is 3.94. The van der Waals surface area contributed by atoms with Gasteiger partial charge in [0.15, 0.2) is 0 Å². The van der Waals surface area contributed by atoms with Crippen molar-refractivity contribution >= 4 is 10.8 Å². The average molecular weight is 237 g/mol. The highest BCUT2D eigenvalue weighted by molar-refractivity contribution is 5.86. The predicted molar refractivity (Wildman–Crippen MR) is 69.9 cm³/mol. The predicted octanol–water partition coefficient (Wildman–Crippen LogP) is 3.73. The minimum atomic E-state index is 0.174. The number of phenolic OH excluding ortho intramolecular Hbond substituents is 1. The summed E-state index contributed by atoms with van der Waals surface area (Å²) in [7, 11) is 0. The van der Waals surface area contributed by atoms with Crippen molar-refractivity contribution in [3.63, 3.8) is 0 Å². The molecule has 0 aliphatic carbocycles. The van der Waals surface area contributed by atoms with Crippen molar-refractivity contribution < 1.29 is 9.84 Å². The third kappa shape index (κ3) is 1.98. The first-order valence-electron chi connectivity index (χ1n) is 5.63. The largest absolute Gasteiger partial charge is 0.508 e. The van der Waals surface area contributed by atoms with E-state index in [2.05, 4.69) is 4.98 Å². The monoisotopic (exact) mass is 237 g/mol. The van der Waals surface area contributed by atoms with Crippen molar-refractivity contribution in [2.24, 2.45) is 0 Å². The molecule has 0 saturated heterocycles. The summed E-state index contributed by atoms with van der Waals surface area (Å²) in [4.78, 5) is 4.23. The molecule has 1 heterocycles. The van der Waals surface area contributed by atoms with Crippen LogP contribution in [0.4, 0.5) is 0 Å². The molecule has 0 fully saturated rings.